The Bertz CT molecular complexity index is 1190. The number of amides is 1. The molecule has 2 aliphatic rings. The van der Waals surface area contributed by atoms with Gasteiger partial charge in [0, 0.05) is 18.2 Å². The lowest BCUT2D eigenvalue weighted by atomic mass is 9.96. The highest BCUT2D eigenvalue weighted by atomic mass is 19.4. The number of benzene rings is 2. The van der Waals surface area contributed by atoms with Gasteiger partial charge in [-0.15, -0.1) is 0 Å². The average molecular weight is 460 g/mol. The van der Waals surface area contributed by atoms with E-state index in [1.54, 1.807) is 42.5 Å². The molecule has 0 saturated heterocycles. The van der Waals surface area contributed by atoms with E-state index < -0.39 is 24.2 Å². The maximum absolute atomic E-state index is 13.9. The van der Waals surface area contributed by atoms with Gasteiger partial charge in [-0.1, -0.05) is 12.1 Å². The predicted octanol–water partition coefficient (Wildman–Crippen LogP) is 4.53. The van der Waals surface area contributed by atoms with Crippen LogP contribution in [0.15, 0.2) is 48.7 Å². The maximum atomic E-state index is 13.9. The second kappa shape index (κ2) is 7.91. The van der Waals surface area contributed by atoms with Crippen molar-refractivity contribution < 1.29 is 32.2 Å². The highest BCUT2D eigenvalue weighted by Crippen LogP contribution is 2.44. The minimum Gasteiger partial charge on any atom is -0.497 e. The number of hydrogen-bond donors (Lipinski definition) is 2. The highest BCUT2D eigenvalue weighted by molar-refractivity contribution is 6.07. The molecule has 1 amide bonds. The molecule has 5 rings (SSSR count). The van der Waals surface area contributed by atoms with Gasteiger partial charge in [-0.25, -0.2) is 4.68 Å². The molecule has 1 aromatic heterocycles. The second-order valence-electron chi connectivity index (χ2n) is 7.64. The summed E-state index contributed by atoms with van der Waals surface area (Å²) < 4.78 is 58.1. The Balaban J connectivity index is 1.45. The van der Waals surface area contributed by atoms with E-state index in [-0.39, 0.29) is 24.6 Å². The summed E-state index contributed by atoms with van der Waals surface area (Å²) >= 11 is 0. The first-order chi connectivity index (χ1) is 15.8. The number of fused-ring (bicyclic) bond motifs is 2. The monoisotopic (exact) mass is 460 g/mol. The topological polar surface area (TPSA) is 86.6 Å². The fourth-order valence-electron chi connectivity index (χ4n) is 3.96. The SMILES string of the molecule is COc1ccc(C2CC(C(F)(F)F)n3ncc(C(=O)Nc4ccc5c(c4)OCO5)c3N2)cc1. The molecular formula is C22H19F3N4O4. The fourth-order valence-corrected chi connectivity index (χ4v) is 3.96. The first kappa shape index (κ1) is 21.0. The molecule has 0 spiro atoms. The van der Waals surface area contributed by atoms with Gasteiger partial charge < -0.3 is 24.8 Å². The number of aromatic nitrogens is 2. The van der Waals surface area contributed by atoms with E-state index in [0.29, 0.717) is 28.5 Å². The number of rotatable bonds is 4. The van der Waals surface area contributed by atoms with Crippen LogP contribution in [0, 0.1) is 0 Å². The van der Waals surface area contributed by atoms with Crippen molar-refractivity contribution in [2.45, 2.75) is 24.7 Å². The number of carbonyl (C=O) groups excluding carboxylic acids is 1. The number of alkyl halides is 3. The predicted molar refractivity (Wildman–Crippen MR) is 112 cm³/mol. The van der Waals surface area contributed by atoms with Gasteiger partial charge in [0.05, 0.1) is 19.3 Å². The molecule has 8 nitrogen and oxygen atoms in total. The third-order valence-corrected chi connectivity index (χ3v) is 5.63. The average Bonchev–Trinajstić information content (AvgIpc) is 3.44. The Morgan fingerprint density at radius 3 is 2.67 bits per heavy atom. The molecule has 2 N–H and O–H groups in total. The van der Waals surface area contributed by atoms with Crippen LogP contribution in [0.4, 0.5) is 24.7 Å². The Morgan fingerprint density at radius 1 is 1.18 bits per heavy atom. The Hall–Kier alpha value is -3.89. The Kier molecular flexibility index (Phi) is 5.03. The first-order valence-electron chi connectivity index (χ1n) is 10.1. The summed E-state index contributed by atoms with van der Waals surface area (Å²) in [6.07, 6.45) is -3.67. The van der Waals surface area contributed by atoms with E-state index in [1.807, 2.05) is 0 Å². The van der Waals surface area contributed by atoms with Gasteiger partial charge >= 0.3 is 6.18 Å². The van der Waals surface area contributed by atoms with Crippen LogP contribution in [0.3, 0.4) is 0 Å². The summed E-state index contributed by atoms with van der Waals surface area (Å²) in [5.41, 5.74) is 1.05. The summed E-state index contributed by atoms with van der Waals surface area (Å²) in [6, 6.07) is 9.04. The summed E-state index contributed by atoms with van der Waals surface area (Å²) in [5.74, 6) is 1.02. The molecule has 2 aromatic carbocycles. The number of halogens is 3. The van der Waals surface area contributed by atoms with E-state index >= 15 is 0 Å². The van der Waals surface area contributed by atoms with Gasteiger partial charge in [-0.2, -0.15) is 18.3 Å². The number of ether oxygens (including phenoxy) is 3. The highest BCUT2D eigenvalue weighted by Gasteiger charge is 2.47. The van der Waals surface area contributed by atoms with Crippen LogP contribution >= 0.6 is 0 Å². The molecule has 0 bridgehead atoms. The van der Waals surface area contributed by atoms with Gasteiger partial charge in [-0.3, -0.25) is 4.79 Å². The number of anilines is 2. The van der Waals surface area contributed by atoms with Crippen LogP contribution < -0.4 is 24.8 Å². The molecule has 2 unspecified atom stereocenters. The van der Waals surface area contributed by atoms with Gasteiger partial charge in [0.15, 0.2) is 17.5 Å². The molecular weight excluding hydrogens is 441 g/mol. The van der Waals surface area contributed by atoms with Crippen LogP contribution in [0.1, 0.15) is 34.4 Å². The summed E-state index contributed by atoms with van der Waals surface area (Å²) in [7, 11) is 1.51. The standard InChI is InChI=1S/C22H19F3N4O4/c1-31-14-5-2-12(3-6-14)16-9-19(22(23,24)25)29-20(28-16)15(10-26-29)21(30)27-13-4-7-17-18(8-13)33-11-32-17/h2-8,10,16,19,28H,9,11H2,1H3,(H,27,30). The van der Waals surface area contributed by atoms with Crippen molar-refractivity contribution in [1.82, 2.24) is 9.78 Å². The van der Waals surface area contributed by atoms with Gasteiger partial charge in [0.1, 0.15) is 17.1 Å². The molecule has 0 radical (unpaired) electrons. The molecule has 0 aliphatic carbocycles. The van der Waals surface area contributed by atoms with Crippen LogP contribution in [0.25, 0.3) is 0 Å². The van der Waals surface area contributed by atoms with E-state index in [2.05, 4.69) is 15.7 Å². The first-order valence-corrected chi connectivity index (χ1v) is 10.1. The minimum atomic E-state index is -4.54. The Morgan fingerprint density at radius 2 is 1.94 bits per heavy atom. The quantitative estimate of drug-likeness (QED) is 0.595. The van der Waals surface area contributed by atoms with Crippen molar-refractivity contribution in [2.75, 3.05) is 24.5 Å². The van der Waals surface area contributed by atoms with E-state index in [1.165, 1.54) is 7.11 Å². The van der Waals surface area contributed by atoms with Crippen molar-refractivity contribution in [3.63, 3.8) is 0 Å². The molecule has 0 saturated carbocycles. The van der Waals surface area contributed by atoms with Gasteiger partial charge in [0.2, 0.25) is 6.79 Å². The maximum Gasteiger partial charge on any atom is 0.410 e. The van der Waals surface area contributed by atoms with Crippen LogP contribution in [-0.2, 0) is 0 Å². The van der Waals surface area contributed by atoms with Crippen LogP contribution in [-0.4, -0.2) is 35.8 Å². The van der Waals surface area contributed by atoms with Crippen molar-refractivity contribution in [3.05, 3.63) is 59.8 Å². The van der Waals surface area contributed by atoms with Gasteiger partial charge in [0.25, 0.3) is 5.91 Å². The number of nitrogens with one attached hydrogen (secondary N) is 2. The van der Waals surface area contributed by atoms with E-state index in [0.717, 1.165) is 10.9 Å². The minimum absolute atomic E-state index is 0.000119. The fraction of sp³-hybridized carbons (Fsp3) is 0.273. The molecule has 33 heavy (non-hydrogen) atoms. The van der Waals surface area contributed by atoms with Crippen molar-refractivity contribution >= 4 is 17.4 Å². The molecule has 172 valence electrons. The summed E-state index contributed by atoms with van der Waals surface area (Å²) in [5, 5.41) is 9.63. The number of nitrogens with zero attached hydrogens (tertiary/aromatic N) is 2. The molecule has 2 atom stereocenters. The third-order valence-electron chi connectivity index (χ3n) is 5.63. The summed E-state index contributed by atoms with van der Waals surface area (Å²) in [6.45, 7) is 0.0825. The van der Waals surface area contributed by atoms with Crippen molar-refractivity contribution in [1.29, 1.82) is 0 Å². The summed E-state index contributed by atoms with van der Waals surface area (Å²) in [4.78, 5) is 13.0. The van der Waals surface area contributed by atoms with Crippen molar-refractivity contribution in [2.24, 2.45) is 0 Å². The Labute approximate surface area is 186 Å². The third kappa shape index (κ3) is 3.90. The molecule has 11 heteroatoms. The number of hydrogen-bond acceptors (Lipinski definition) is 6. The van der Waals surface area contributed by atoms with E-state index in [4.69, 9.17) is 14.2 Å². The zero-order chi connectivity index (χ0) is 23.2. The number of carbonyl (C=O) groups is 1. The lowest BCUT2D eigenvalue weighted by Gasteiger charge is -2.34. The van der Waals surface area contributed by atoms with Crippen LogP contribution in [0.2, 0.25) is 0 Å². The smallest absolute Gasteiger partial charge is 0.410 e. The normalized spacial score (nSPS) is 18.9. The second-order valence-corrected chi connectivity index (χ2v) is 7.64. The zero-order valence-corrected chi connectivity index (χ0v) is 17.3. The molecule has 3 aromatic rings. The molecule has 0 fully saturated rings. The largest absolute Gasteiger partial charge is 0.497 e. The van der Waals surface area contributed by atoms with Crippen LogP contribution in [0.5, 0.6) is 17.2 Å². The lowest BCUT2D eigenvalue weighted by molar-refractivity contribution is -0.173. The zero-order valence-electron chi connectivity index (χ0n) is 17.3. The van der Waals surface area contributed by atoms with E-state index in [9.17, 15) is 18.0 Å². The molecule has 3 heterocycles. The lowest BCUT2D eigenvalue weighted by Crippen LogP contribution is -2.36. The molecule has 2 aliphatic heterocycles. The number of methoxy groups -OCH3 is 1. The van der Waals surface area contributed by atoms with Gasteiger partial charge in [-0.05, 0) is 29.8 Å². The van der Waals surface area contributed by atoms with Crippen molar-refractivity contribution in [3.8, 4) is 17.2 Å².